The molecule has 0 spiro atoms. The molecular formula is C19H37N5O2. The third-order valence-electron chi connectivity index (χ3n) is 4.75. The van der Waals surface area contributed by atoms with Gasteiger partial charge in [0.1, 0.15) is 5.60 Å². The molecule has 0 radical (unpaired) electrons. The van der Waals surface area contributed by atoms with Crippen LogP contribution < -0.4 is 10.6 Å². The maximum Gasteiger partial charge on any atom is 0.410 e. The van der Waals surface area contributed by atoms with Crippen LogP contribution in [0.2, 0.25) is 0 Å². The van der Waals surface area contributed by atoms with Crippen molar-refractivity contribution in [1.82, 2.24) is 20.4 Å². The molecule has 2 aliphatic rings. The van der Waals surface area contributed by atoms with Crippen molar-refractivity contribution in [2.24, 2.45) is 4.99 Å². The number of hydrogen-bond acceptors (Lipinski definition) is 4. The third kappa shape index (κ3) is 7.40. The number of aliphatic imine (C=N–C) groups is 1. The maximum atomic E-state index is 12.1. The summed E-state index contributed by atoms with van der Waals surface area (Å²) in [5.74, 6) is 0.937. The third-order valence-corrected chi connectivity index (χ3v) is 4.75. The van der Waals surface area contributed by atoms with Crippen LogP contribution in [0.4, 0.5) is 4.79 Å². The van der Waals surface area contributed by atoms with Gasteiger partial charge in [-0.15, -0.1) is 0 Å². The predicted octanol–water partition coefficient (Wildman–Crippen LogP) is 2.04. The largest absolute Gasteiger partial charge is 0.444 e. The van der Waals surface area contributed by atoms with Gasteiger partial charge < -0.3 is 20.3 Å². The number of rotatable bonds is 5. The number of ether oxygens (including phenoxy) is 1. The summed E-state index contributed by atoms with van der Waals surface area (Å²) in [5, 5.41) is 6.89. The summed E-state index contributed by atoms with van der Waals surface area (Å²) in [6.45, 7) is 13.6. The lowest BCUT2D eigenvalue weighted by molar-refractivity contribution is 0.0148. The number of guanidine groups is 1. The summed E-state index contributed by atoms with van der Waals surface area (Å²) < 4.78 is 5.45. The highest BCUT2D eigenvalue weighted by Gasteiger charge is 2.25. The number of carbonyl (C=O) groups is 1. The van der Waals surface area contributed by atoms with Crippen molar-refractivity contribution < 1.29 is 9.53 Å². The number of piperazine rings is 1. The van der Waals surface area contributed by atoms with Crippen LogP contribution in [0.1, 0.15) is 53.4 Å². The molecule has 2 N–H and O–H groups in total. The van der Waals surface area contributed by atoms with E-state index >= 15 is 0 Å². The first-order valence-corrected chi connectivity index (χ1v) is 10.1. The minimum atomic E-state index is -0.433. The molecule has 1 saturated heterocycles. The molecule has 1 saturated carbocycles. The van der Waals surface area contributed by atoms with Gasteiger partial charge in [0.25, 0.3) is 0 Å². The van der Waals surface area contributed by atoms with Gasteiger partial charge in [0.15, 0.2) is 5.96 Å². The molecule has 7 heteroatoms. The van der Waals surface area contributed by atoms with Crippen LogP contribution in [0.3, 0.4) is 0 Å². The van der Waals surface area contributed by atoms with Gasteiger partial charge in [-0.05, 0) is 40.5 Å². The molecule has 150 valence electrons. The molecule has 26 heavy (non-hydrogen) atoms. The maximum absolute atomic E-state index is 12.1. The van der Waals surface area contributed by atoms with E-state index in [1.54, 1.807) is 4.90 Å². The van der Waals surface area contributed by atoms with Gasteiger partial charge in [-0.3, -0.25) is 9.89 Å². The highest BCUT2D eigenvalue weighted by atomic mass is 16.6. The monoisotopic (exact) mass is 367 g/mol. The van der Waals surface area contributed by atoms with Crippen molar-refractivity contribution in [3.05, 3.63) is 0 Å². The van der Waals surface area contributed by atoms with Crippen LogP contribution in [0.25, 0.3) is 0 Å². The second-order valence-electron chi connectivity index (χ2n) is 8.20. The first-order chi connectivity index (χ1) is 12.4. The van der Waals surface area contributed by atoms with Crippen LogP contribution in [0, 0.1) is 0 Å². The minimum absolute atomic E-state index is 0.203. The molecule has 0 unspecified atom stereocenters. The van der Waals surface area contributed by atoms with Crippen molar-refractivity contribution >= 4 is 12.1 Å². The Morgan fingerprint density at radius 3 is 2.38 bits per heavy atom. The average Bonchev–Trinajstić information content (AvgIpc) is 3.07. The molecule has 1 heterocycles. The zero-order valence-electron chi connectivity index (χ0n) is 17.0. The molecule has 2 fully saturated rings. The van der Waals surface area contributed by atoms with Crippen LogP contribution in [-0.2, 0) is 4.74 Å². The van der Waals surface area contributed by atoms with E-state index in [1.807, 2.05) is 20.8 Å². The fourth-order valence-corrected chi connectivity index (χ4v) is 3.37. The van der Waals surface area contributed by atoms with E-state index in [-0.39, 0.29) is 6.09 Å². The Bertz CT molecular complexity index is 461. The van der Waals surface area contributed by atoms with E-state index < -0.39 is 5.60 Å². The summed E-state index contributed by atoms with van der Waals surface area (Å²) in [7, 11) is 0. The summed E-state index contributed by atoms with van der Waals surface area (Å²) in [6.07, 6.45) is 4.93. The lowest BCUT2D eigenvalue weighted by Crippen LogP contribution is -2.50. The zero-order chi connectivity index (χ0) is 19.0. The minimum Gasteiger partial charge on any atom is -0.444 e. The van der Waals surface area contributed by atoms with Gasteiger partial charge in [0.05, 0.1) is 6.54 Å². The average molecular weight is 368 g/mol. The number of nitrogens with one attached hydrogen (secondary N) is 2. The number of carbonyl (C=O) groups excluding carboxylic acids is 1. The lowest BCUT2D eigenvalue weighted by atomic mass is 10.2. The van der Waals surface area contributed by atoms with Crippen molar-refractivity contribution in [2.45, 2.75) is 65.0 Å². The first-order valence-electron chi connectivity index (χ1n) is 10.1. The van der Waals surface area contributed by atoms with Crippen LogP contribution in [0.15, 0.2) is 4.99 Å². The number of amides is 1. The first kappa shape index (κ1) is 20.8. The van der Waals surface area contributed by atoms with Crippen molar-refractivity contribution in [3.8, 4) is 0 Å². The normalized spacial score (nSPS) is 20.3. The topological polar surface area (TPSA) is 69.2 Å². The van der Waals surface area contributed by atoms with E-state index in [0.717, 1.165) is 51.8 Å². The van der Waals surface area contributed by atoms with Crippen LogP contribution >= 0.6 is 0 Å². The lowest BCUT2D eigenvalue weighted by Gasteiger charge is -2.35. The van der Waals surface area contributed by atoms with Crippen molar-refractivity contribution in [2.75, 3.05) is 45.8 Å². The quantitative estimate of drug-likeness (QED) is 0.575. The fourth-order valence-electron chi connectivity index (χ4n) is 3.37. The smallest absolute Gasteiger partial charge is 0.410 e. The van der Waals surface area contributed by atoms with Gasteiger partial charge >= 0.3 is 6.09 Å². The van der Waals surface area contributed by atoms with E-state index in [2.05, 4.69) is 22.5 Å². The predicted molar refractivity (Wildman–Crippen MR) is 106 cm³/mol. The van der Waals surface area contributed by atoms with Crippen molar-refractivity contribution in [1.29, 1.82) is 0 Å². The second-order valence-corrected chi connectivity index (χ2v) is 8.20. The Kier molecular flexibility index (Phi) is 8.00. The SMILES string of the molecule is CCNC(=NCCN1CCN(C(=O)OC(C)(C)C)CC1)NC1CCCC1. The summed E-state index contributed by atoms with van der Waals surface area (Å²) in [5.41, 5.74) is -0.433. The van der Waals surface area contributed by atoms with Gasteiger partial charge in [-0.2, -0.15) is 0 Å². The molecule has 1 aliphatic heterocycles. The Morgan fingerprint density at radius 1 is 1.15 bits per heavy atom. The molecule has 0 atom stereocenters. The van der Waals surface area contributed by atoms with Gasteiger partial charge in [-0.1, -0.05) is 12.8 Å². The van der Waals surface area contributed by atoms with Crippen LogP contribution in [-0.4, -0.2) is 79.3 Å². The number of nitrogens with zero attached hydrogens (tertiary/aromatic N) is 3. The van der Waals surface area contributed by atoms with Gasteiger partial charge in [0.2, 0.25) is 0 Å². The molecule has 2 rings (SSSR count). The molecule has 0 bridgehead atoms. The highest BCUT2D eigenvalue weighted by Crippen LogP contribution is 2.17. The standard InChI is InChI=1S/C19H37N5O2/c1-5-20-17(22-16-8-6-7-9-16)21-10-11-23-12-14-24(15-13-23)18(25)26-19(2,3)4/h16H,5-15H2,1-4H3,(H2,20,21,22). The Morgan fingerprint density at radius 2 is 1.81 bits per heavy atom. The molecule has 7 nitrogen and oxygen atoms in total. The van der Waals surface area contributed by atoms with E-state index in [4.69, 9.17) is 9.73 Å². The molecule has 1 amide bonds. The van der Waals surface area contributed by atoms with E-state index in [9.17, 15) is 4.79 Å². The van der Waals surface area contributed by atoms with E-state index in [1.165, 1.54) is 25.7 Å². The van der Waals surface area contributed by atoms with Gasteiger partial charge in [-0.25, -0.2) is 4.79 Å². The molecule has 0 aromatic carbocycles. The van der Waals surface area contributed by atoms with E-state index in [0.29, 0.717) is 6.04 Å². The van der Waals surface area contributed by atoms with Crippen molar-refractivity contribution in [3.63, 3.8) is 0 Å². The second kappa shape index (κ2) is 10.00. The summed E-state index contributed by atoms with van der Waals surface area (Å²) in [4.78, 5) is 21.0. The molecule has 0 aromatic rings. The Hall–Kier alpha value is -1.50. The fraction of sp³-hybridized carbons (Fsp3) is 0.895. The number of hydrogen-bond donors (Lipinski definition) is 2. The summed E-state index contributed by atoms with van der Waals surface area (Å²) in [6, 6.07) is 0.574. The molecule has 0 aromatic heterocycles. The zero-order valence-corrected chi connectivity index (χ0v) is 17.0. The van der Waals surface area contributed by atoms with Crippen LogP contribution in [0.5, 0.6) is 0 Å². The van der Waals surface area contributed by atoms with Gasteiger partial charge in [0, 0.05) is 45.3 Å². The molecular weight excluding hydrogens is 330 g/mol. The highest BCUT2D eigenvalue weighted by molar-refractivity contribution is 5.80. The Balaban J connectivity index is 1.70. The Labute approximate surface area is 158 Å². The molecule has 1 aliphatic carbocycles. The summed E-state index contributed by atoms with van der Waals surface area (Å²) >= 11 is 0.